The lowest BCUT2D eigenvalue weighted by Crippen LogP contribution is -2.49. The molecule has 0 radical (unpaired) electrons. The first-order valence-electron chi connectivity index (χ1n) is 4.62. The molecule has 4 N–H and O–H groups in total. The largest absolute Gasteiger partial charge is 0.663 e. The van der Waals surface area contributed by atoms with Crippen LogP contribution in [0.5, 0.6) is 0 Å². The van der Waals surface area contributed by atoms with Gasteiger partial charge in [0, 0.05) is 12.2 Å². The van der Waals surface area contributed by atoms with Crippen molar-refractivity contribution in [2.75, 3.05) is 5.75 Å². The van der Waals surface area contributed by atoms with Crippen molar-refractivity contribution in [2.24, 2.45) is 5.73 Å². The van der Waals surface area contributed by atoms with Crippen molar-refractivity contribution in [3.63, 3.8) is 0 Å². The van der Waals surface area contributed by atoms with Crippen LogP contribution < -0.4 is 5.73 Å². The van der Waals surface area contributed by atoms with Gasteiger partial charge in [-0.2, -0.15) is 12.6 Å². The van der Waals surface area contributed by atoms with E-state index in [2.05, 4.69) is 25.4 Å². The van der Waals surface area contributed by atoms with E-state index in [1.165, 1.54) is 0 Å². The molecule has 0 aliphatic heterocycles. The number of amides is 1. The number of hydrogen-bond donors (Lipinski definition) is 4. The van der Waals surface area contributed by atoms with E-state index in [9.17, 15) is 14.4 Å². The summed E-state index contributed by atoms with van der Waals surface area (Å²) in [5, 5.41) is 17.2. The van der Waals surface area contributed by atoms with Crippen LogP contribution in [0.1, 0.15) is 12.8 Å². The number of thiol groups is 1. The number of carbonyl (C=O) groups is 3. The van der Waals surface area contributed by atoms with E-state index < -0.39 is 29.9 Å². The fourth-order valence-corrected chi connectivity index (χ4v) is 1.70. The minimum Gasteiger partial charge on any atom is -0.663 e. The van der Waals surface area contributed by atoms with Crippen LogP contribution in [0.2, 0.25) is 0 Å². The van der Waals surface area contributed by atoms with Crippen molar-refractivity contribution < 1.29 is 24.6 Å². The predicted molar refractivity (Wildman–Crippen MR) is 64.3 cm³/mol. The van der Waals surface area contributed by atoms with E-state index in [-0.39, 0.29) is 18.6 Å². The molecule has 7 nitrogen and oxygen atoms in total. The van der Waals surface area contributed by atoms with Crippen LogP contribution in [-0.2, 0) is 27.2 Å². The lowest BCUT2D eigenvalue weighted by atomic mass is 10.1. The van der Waals surface area contributed by atoms with Gasteiger partial charge in [-0.3, -0.25) is 14.4 Å². The van der Waals surface area contributed by atoms with Crippen LogP contribution in [-0.4, -0.2) is 50.2 Å². The molecular formula is C8H13N2O5S2-. The van der Waals surface area contributed by atoms with Crippen LogP contribution in [0.3, 0.4) is 0 Å². The molecule has 0 spiro atoms. The van der Waals surface area contributed by atoms with Gasteiger partial charge in [0.1, 0.15) is 6.04 Å². The fraction of sp³-hybridized carbons (Fsp3) is 0.625. The lowest BCUT2D eigenvalue weighted by molar-refractivity contribution is -0.145. The number of carboxylic acid groups (broad SMARTS) is 2. The number of nitrogens with zero attached hydrogens (tertiary/aromatic N) is 1. The molecule has 0 bridgehead atoms. The van der Waals surface area contributed by atoms with Gasteiger partial charge in [0.2, 0.25) is 5.91 Å². The van der Waals surface area contributed by atoms with E-state index in [0.717, 1.165) is 0 Å². The zero-order valence-corrected chi connectivity index (χ0v) is 10.5. The van der Waals surface area contributed by atoms with Gasteiger partial charge in [-0.05, 0) is 6.42 Å². The fourth-order valence-electron chi connectivity index (χ4n) is 0.972. The Labute approximate surface area is 109 Å². The first-order valence-corrected chi connectivity index (χ1v) is 5.62. The van der Waals surface area contributed by atoms with Gasteiger partial charge in [-0.25, -0.2) is 0 Å². The Kier molecular flexibility index (Phi) is 7.00. The summed E-state index contributed by atoms with van der Waals surface area (Å²) in [7, 11) is 0. The summed E-state index contributed by atoms with van der Waals surface area (Å²) in [6, 6.07) is -2.37. The number of nitrogens with two attached hydrogens (primary N) is 1. The van der Waals surface area contributed by atoms with Gasteiger partial charge in [0.25, 0.3) is 0 Å². The van der Waals surface area contributed by atoms with Crippen molar-refractivity contribution in [3.05, 3.63) is 0 Å². The molecule has 0 aliphatic carbocycles. The number of aliphatic carboxylic acids is 2. The van der Waals surface area contributed by atoms with Crippen molar-refractivity contribution in [1.29, 1.82) is 0 Å². The molecule has 98 valence electrons. The third-order valence-corrected chi connectivity index (χ3v) is 2.72. The zero-order valence-electron chi connectivity index (χ0n) is 8.78. The molecular weight excluding hydrogens is 268 g/mol. The van der Waals surface area contributed by atoms with Crippen LogP contribution in [0.25, 0.3) is 0 Å². The Hall–Kier alpha value is -0.930. The summed E-state index contributed by atoms with van der Waals surface area (Å²) in [6.45, 7) is 0. The Balaban J connectivity index is 4.46. The minimum atomic E-state index is -1.28. The van der Waals surface area contributed by atoms with Crippen LogP contribution in [0.15, 0.2) is 0 Å². The lowest BCUT2D eigenvalue weighted by Gasteiger charge is -2.36. The Morgan fingerprint density at radius 3 is 2.24 bits per heavy atom. The Morgan fingerprint density at radius 1 is 1.35 bits per heavy atom. The normalized spacial score (nSPS) is 13.8. The maximum absolute atomic E-state index is 11.6. The van der Waals surface area contributed by atoms with Crippen molar-refractivity contribution in [2.45, 2.75) is 24.9 Å². The van der Waals surface area contributed by atoms with Gasteiger partial charge in [-0.1, -0.05) is 0 Å². The molecule has 0 fully saturated rings. The van der Waals surface area contributed by atoms with E-state index in [1.54, 1.807) is 0 Å². The molecule has 0 aliphatic rings. The van der Waals surface area contributed by atoms with Gasteiger partial charge in [-0.15, -0.1) is 0 Å². The van der Waals surface area contributed by atoms with E-state index in [0.29, 0.717) is 4.31 Å². The highest BCUT2D eigenvalue weighted by atomic mass is 32.1. The number of carbonyl (C=O) groups excluding carboxylic acids is 1. The molecule has 0 rings (SSSR count). The molecule has 0 heterocycles. The van der Waals surface area contributed by atoms with Crippen molar-refractivity contribution in [3.8, 4) is 0 Å². The summed E-state index contributed by atoms with van der Waals surface area (Å²) in [4.78, 5) is 32.6. The predicted octanol–water partition coefficient (Wildman–Crippen LogP) is -1.15. The standard InChI is InChI=1S/C8H13N2O5S2/c9-4(1-2-6(11)12)7(13)10(17)5(3-16)8(14)15/h4-5,16H,1-3,9H2,(H,11,12)(H,14,15)/q-1. The first kappa shape index (κ1) is 16.1. The zero-order chi connectivity index (χ0) is 13.6. The highest BCUT2D eigenvalue weighted by molar-refractivity contribution is 7.80. The molecule has 0 aromatic rings. The van der Waals surface area contributed by atoms with E-state index >= 15 is 0 Å². The second kappa shape index (κ2) is 7.41. The van der Waals surface area contributed by atoms with Gasteiger partial charge >= 0.3 is 11.9 Å². The topological polar surface area (TPSA) is 121 Å². The maximum Gasteiger partial charge on any atom is 0.325 e. The molecule has 0 aromatic carbocycles. The third kappa shape index (κ3) is 5.29. The van der Waals surface area contributed by atoms with Gasteiger partial charge < -0.3 is 33.1 Å². The SMILES string of the molecule is NC(CCC(=O)O)C(=O)N([S-])C(CS)C(=O)O. The summed E-state index contributed by atoms with van der Waals surface area (Å²) in [5.74, 6) is -3.31. The second-order valence-electron chi connectivity index (χ2n) is 3.24. The van der Waals surface area contributed by atoms with Gasteiger partial charge in [0.15, 0.2) is 0 Å². The Bertz CT molecular complexity index is 312. The van der Waals surface area contributed by atoms with Crippen LogP contribution >= 0.6 is 12.6 Å². The Morgan fingerprint density at radius 2 is 1.88 bits per heavy atom. The van der Waals surface area contributed by atoms with Crippen LogP contribution in [0, 0.1) is 0 Å². The summed E-state index contributed by atoms with van der Waals surface area (Å²) in [5.41, 5.74) is 5.42. The first-order chi connectivity index (χ1) is 7.81. The minimum absolute atomic E-state index is 0.0970. The molecule has 0 saturated heterocycles. The average Bonchev–Trinajstić information content (AvgIpc) is 2.24. The summed E-state index contributed by atoms with van der Waals surface area (Å²) < 4.78 is 0.557. The quantitative estimate of drug-likeness (QED) is 0.343. The van der Waals surface area contributed by atoms with E-state index in [1.807, 2.05) is 0 Å². The molecule has 0 aromatic heterocycles. The smallest absolute Gasteiger partial charge is 0.325 e. The summed E-state index contributed by atoms with van der Waals surface area (Å²) in [6.07, 6.45) is -0.380. The van der Waals surface area contributed by atoms with Gasteiger partial charge in [0.05, 0.1) is 6.04 Å². The number of rotatable bonds is 7. The molecule has 2 unspecified atom stereocenters. The monoisotopic (exact) mass is 281 g/mol. The molecule has 2 atom stereocenters. The second-order valence-corrected chi connectivity index (χ2v) is 4.00. The molecule has 1 amide bonds. The third-order valence-electron chi connectivity index (χ3n) is 1.94. The maximum atomic E-state index is 11.6. The van der Waals surface area contributed by atoms with Crippen molar-refractivity contribution >= 4 is 43.3 Å². The van der Waals surface area contributed by atoms with Crippen LogP contribution in [0.4, 0.5) is 0 Å². The molecule has 17 heavy (non-hydrogen) atoms. The molecule has 9 heteroatoms. The highest BCUT2D eigenvalue weighted by Gasteiger charge is 2.24. The highest BCUT2D eigenvalue weighted by Crippen LogP contribution is 2.06. The van der Waals surface area contributed by atoms with E-state index in [4.69, 9.17) is 15.9 Å². The number of hydrogen-bond acceptors (Lipinski definition) is 6. The average molecular weight is 281 g/mol. The summed E-state index contributed by atoms with van der Waals surface area (Å²) >= 11 is 8.41. The number of carboxylic acids is 2. The molecule has 0 saturated carbocycles. The van der Waals surface area contributed by atoms with Crippen molar-refractivity contribution in [1.82, 2.24) is 4.31 Å².